The first-order chi connectivity index (χ1) is 9.00. The summed E-state index contributed by atoms with van der Waals surface area (Å²) in [5.74, 6) is 0.932. The van der Waals surface area contributed by atoms with Crippen LogP contribution in [0.4, 0.5) is 0 Å². The molecule has 5 heteroatoms. The maximum Gasteiger partial charge on any atom is 0.138 e. The van der Waals surface area contributed by atoms with E-state index >= 15 is 0 Å². The van der Waals surface area contributed by atoms with Crippen LogP contribution in [0.2, 0.25) is 0 Å². The largest absolute Gasteiger partial charge is 0.324 e. The van der Waals surface area contributed by atoms with Crippen molar-refractivity contribution >= 4 is 15.9 Å². The summed E-state index contributed by atoms with van der Waals surface area (Å²) in [7, 11) is 0. The molecule has 0 spiro atoms. The lowest BCUT2D eigenvalue weighted by atomic mass is 9.99. The van der Waals surface area contributed by atoms with Gasteiger partial charge in [0.2, 0.25) is 0 Å². The highest BCUT2D eigenvalue weighted by Gasteiger charge is 2.15. The lowest BCUT2D eigenvalue weighted by molar-refractivity contribution is 0.493. The van der Waals surface area contributed by atoms with E-state index < -0.39 is 0 Å². The number of benzene rings is 1. The third kappa shape index (κ3) is 3.04. The highest BCUT2D eigenvalue weighted by Crippen LogP contribution is 2.25. The van der Waals surface area contributed by atoms with Gasteiger partial charge in [-0.3, -0.25) is 0 Å². The number of halogens is 1. The first-order valence-corrected chi connectivity index (χ1v) is 7.19. The van der Waals surface area contributed by atoms with E-state index in [0.717, 1.165) is 15.9 Å². The lowest BCUT2D eigenvalue weighted by Crippen LogP contribution is -2.19. The Labute approximate surface area is 122 Å². The third-order valence-corrected chi connectivity index (χ3v) is 4.11. The van der Waals surface area contributed by atoms with Gasteiger partial charge in [-0.05, 0) is 38.0 Å². The van der Waals surface area contributed by atoms with Gasteiger partial charge in [0, 0.05) is 23.0 Å². The second-order valence-corrected chi connectivity index (χ2v) is 5.83. The van der Waals surface area contributed by atoms with Crippen LogP contribution in [0.5, 0.6) is 0 Å². The monoisotopic (exact) mass is 322 g/mol. The molecule has 1 heterocycles. The molecule has 0 aliphatic rings. The van der Waals surface area contributed by atoms with E-state index in [1.165, 1.54) is 5.56 Å². The van der Waals surface area contributed by atoms with Gasteiger partial charge in [-0.25, -0.2) is 9.67 Å². The molecular formula is C14H19BrN4. The number of nitrogens with zero attached hydrogens (tertiary/aromatic N) is 3. The smallest absolute Gasteiger partial charge is 0.138 e. The van der Waals surface area contributed by atoms with Crippen molar-refractivity contribution in [3.8, 4) is 0 Å². The Bertz CT molecular complexity index is 562. The van der Waals surface area contributed by atoms with E-state index in [4.69, 9.17) is 5.73 Å². The molecule has 0 saturated heterocycles. The maximum atomic E-state index is 6.32. The fourth-order valence-electron chi connectivity index (χ4n) is 2.18. The van der Waals surface area contributed by atoms with Crippen molar-refractivity contribution in [2.45, 2.75) is 39.3 Å². The van der Waals surface area contributed by atoms with Gasteiger partial charge in [0.1, 0.15) is 12.2 Å². The van der Waals surface area contributed by atoms with Crippen molar-refractivity contribution < 1.29 is 0 Å². The summed E-state index contributed by atoms with van der Waals surface area (Å²) in [6, 6.07) is 6.34. The standard InChI is InChI=1S/C14H19BrN4/c1-9(2)19-14(17-8-18-19)7-13(16)11-5-4-6-12(15)10(11)3/h4-6,8-9,13H,7,16H2,1-3H3. The van der Waals surface area contributed by atoms with Gasteiger partial charge < -0.3 is 5.73 Å². The molecule has 2 rings (SSSR count). The summed E-state index contributed by atoms with van der Waals surface area (Å²) in [5, 5.41) is 4.24. The molecule has 1 aromatic carbocycles. The average Bonchev–Trinajstić information content (AvgIpc) is 2.80. The van der Waals surface area contributed by atoms with Gasteiger partial charge >= 0.3 is 0 Å². The van der Waals surface area contributed by atoms with Crippen LogP contribution in [0, 0.1) is 6.92 Å². The highest BCUT2D eigenvalue weighted by molar-refractivity contribution is 9.10. The van der Waals surface area contributed by atoms with E-state index in [-0.39, 0.29) is 6.04 Å². The van der Waals surface area contributed by atoms with E-state index in [1.54, 1.807) is 6.33 Å². The molecule has 0 radical (unpaired) electrons. The minimum absolute atomic E-state index is 0.0702. The normalized spacial score (nSPS) is 12.9. The molecular weight excluding hydrogens is 304 g/mol. The Morgan fingerprint density at radius 2 is 2.11 bits per heavy atom. The van der Waals surface area contributed by atoms with Gasteiger partial charge in [-0.15, -0.1) is 0 Å². The van der Waals surface area contributed by atoms with E-state index in [1.807, 2.05) is 16.8 Å². The summed E-state index contributed by atoms with van der Waals surface area (Å²) < 4.78 is 3.01. The summed E-state index contributed by atoms with van der Waals surface area (Å²) >= 11 is 3.54. The molecule has 0 bridgehead atoms. The van der Waals surface area contributed by atoms with E-state index in [0.29, 0.717) is 12.5 Å². The molecule has 19 heavy (non-hydrogen) atoms. The van der Waals surface area contributed by atoms with Crippen LogP contribution in [0.15, 0.2) is 29.0 Å². The van der Waals surface area contributed by atoms with Crippen molar-refractivity contribution in [2.24, 2.45) is 5.73 Å². The van der Waals surface area contributed by atoms with Crippen molar-refractivity contribution in [1.82, 2.24) is 14.8 Å². The third-order valence-electron chi connectivity index (χ3n) is 3.25. The lowest BCUT2D eigenvalue weighted by Gasteiger charge is -2.17. The molecule has 0 aliphatic heterocycles. The SMILES string of the molecule is Cc1c(Br)cccc1C(N)Cc1ncnn1C(C)C. The zero-order valence-electron chi connectivity index (χ0n) is 11.5. The maximum absolute atomic E-state index is 6.32. The van der Waals surface area contributed by atoms with Gasteiger partial charge in [-0.1, -0.05) is 28.1 Å². The van der Waals surface area contributed by atoms with E-state index in [2.05, 4.69) is 52.9 Å². The molecule has 4 nitrogen and oxygen atoms in total. The first kappa shape index (κ1) is 14.2. The molecule has 0 aliphatic carbocycles. The van der Waals surface area contributed by atoms with Crippen molar-refractivity contribution in [2.75, 3.05) is 0 Å². The van der Waals surface area contributed by atoms with Gasteiger partial charge in [0.05, 0.1) is 0 Å². The Hall–Kier alpha value is -1.20. The predicted octanol–water partition coefficient (Wildman–Crippen LogP) is 3.17. The molecule has 0 amide bonds. The van der Waals surface area contributed by atoms with Crippen LogP contribution >= 0.6 is 15.9 Å². The van der Waals surface area contributed by atoms with Crippen molar-refractivity contribution in [3.05, 3.63) is 46.0 Å². The quantitative estimate of drug-likeness (QED) is 0.940. The molecule has 0 saturated carbocycles. The van der Waals surface area contributed by atoms with Crippen LogP contribution in [0.3, 0.4) is 0 Å². The number of hydrogen-bond donors (Lipinski definition) is 1. The minimum Gasteiger partial charge on any atom is -0.324 e. The van der Waals surface area contributed by atoms with Crippen LogP contribution in [0.25, 0.3) is 0 Å². The van der Waals surface area contributed by atoms with Crippen LogP contribution in [-0.4, -0.2) is 14.8 Å². The predicted molar refractivity (Wildman–Crippen MR) is 79.9 cm³/mol. The number of nitrogens with two attached hydrogens (primary N) is 1. The molecule has 1 aromatic heterocycles. The summed E-state index contributed by atoms with van der Waals surface area (Å²) in [6.07, 6.45) is 2.28. The topological polar surface area (TPSA) is 56.7 Å². The molecule has 102 valence electrons. The van der Waals surface area contributed by atoms with Crippen molar-refractivity contribution in [3.63, 3.8) is 0 Å². The summed E-state index contributed by atoms with van der Waals surface area (Å²) in [5.41, 5.74) is 8.65. The fourth-order valence-corrected chi connectivity index (χ4v) is 2.57. The number of hydrogen-bond acceptors (Lipinski definition) is 3. The fraction of sp³-hybridized carbons (Fsp3) is 0.429. The number of rotatable bonds is 4. The van der Waals surface area contributed by atoms with Gasteiger partial charge in [0.25, 0.3) is 0 Å². The summed E-state index contributed by atoms with van der Waals surface area (Å²) in [6.45, 7) is 6.26. The van der Waals surface area contributed by atoms with Gasteiger partial charge in [-0.2, -0.15) is 5.10 Å². The van der Waals surface area contributed by atoms with Crippen molar-refractivity contribution in [1.29, 1.82) is 0 Å². The molecule has 2 aromatic rings. The van der Waals surface area contributed by atoms with Crippen LogP contribution < -0.4 is 5.73 Å². The average molecular weight is 323 g/mol. The van der Waals surface area contributed by atoms with Crippen LogP contribution in [-0.2, 0) is 6.42 Å². The molecule has 1 atom stereocenters. The Morgan fingerprint density at radius 3 is 2.79 bits per heavy atom. The second kappa shape index (κ2) is 5.84. The Balaban J connectivity index is 2.23. The molecule has 0 fully saturated rings. The molecule has 2 N–H and O–H groups in total. The highest BCUT2D eigenvalue weighted by atomic mass is 79.9. The first-order valence-electron chi connectivity index (χ1n) is 6.39. The Kier molecular flexibility index (Phi) is 4.37. The second-order valence-electron chi connectivity index (χ2n) is 4.98. The summed E-state index contributed by atoms with van der Waals surface area (Å²) in [4.78, 5) is 4.32. The zero-order valence-corrected chi connectivity index (χ0v) is 13.1. The van der Waals surface area contributed by atoms with Gasteiger partial charge in [0.15, 0.2) is 0 Å². The molecule has 1 unspecified atom stereocenters. The van der Waals surface area contributed by atoms with Crippen LogP contribution in [0.1, 0.15) is 42.9 Å². The minimum atomic E-state index is -0.0702. The Morgan fingerprint density at radius 1 is 1.37 bits per heavy atom. The number of aromatic nitrogens is 3. The zero-order chi connectivity index (χ0) is 14.0. The van der Waals surface area contributed by atoms with E-state index in [9.17, 15) is 0 Å².